The summed E-state index contributed by atoms with van der Waals surface area (Å²) in [6, 6.07) is 0. The van der Waals surface area contributed by atoms with Crippen LogP contribution in [-0.2, 0) is 0 Å². The Kier molecular flexibility index (Phi) is 11.3. The van der Waals surface area contributed by atoms with E-state index in [1.54, 1.807) is 75.9 Å². The lowest BCUT2D eigenvalue weighted by atomic mass is 9.57. The normalized spacial score (nSPS) is 32.2. The third-order valence-electron chi connectivity index (χ3n) is 14.3. The molecule has 4 fully saturated rings. The first kappa shape index (κ1) is 38.3. The fourth-order valence-electron chi connectivity index (χ4n) is 11.9. The summed E-state index contributed by atoms with van der Waals surface area (Å²) in [5.41, 5.74) is 0. The third-order valence-corrected chi connectivity index (χ3v) is 14.3. The van der Waals surface area contributed by atoms with Gasteiger partial charge in [0.15, 0.2) is 0 Å². The molecular formula is C42H48N18. The summed E-state index contributed by atoms with van der Waals surface area (Å²) in [7, 11) is 0. The number of nitrogens with zero attached hydrogens (tertiary/aromatic N) is 18. The van der Waals surface area contributed by atoms with Gasteiger partial charge in [0, 0.05) is 35.5 Å². The summed E-state index contributed by atoms with van der Waals surface area (Å²) in [5, 5.41) is 0. The minimum absolute atomic E-state index is 0.178. The highest BCUT2D eigenvalue weighted by Crippen LogP contribution is 2.56. The molecule has 4 saturated carbocycles. The highest BCUT2D eigenvalue weighted by Gasteiger charge is 2.47. The number of hydrogen-bond acceptors (Lipinski definition) is 18. The van der Waals surface area contributed by atoms with E-state index < -0.39 is 0 Å². The predicted octanol–water partition coefficient (Wildman–Crippen LogP) is 5.23. The van der Waals surface area contributed by atoms with Gasteiger partial charge in [0.2, 0.25) is 0 Å². The summed E-state index contributed by atoms with van der Waals surface area (Å²) in [5.74, 6) is 8.95. The molecule has 0 saturated heterocycles. The van der Waals surface area contributed by atoms with E-state index in [-0.39, 0.29) is 35.5 Å². The fraction of sp³-hybridized carbons (Fsp3) is 0.571. The number of hydrogen-bond donors (Lipinski definition) is 0. The van der Waals surface area contributed by atoms with Crippen LogP contribution in [-0.4, -0.2) is 89.7 Å². The second-order valence-corrected chi connectivity index (χ2v) is 17.5. The standard InChI is InChI=1S/C42H48N18/c1-25(3-31(37-49-13-43-14-50-37)5-27(1)29-7-33(39-53-17-45-18-54-39)11-34(8-29)40-55-19-46-20-56-40)26-2-28(6-32(4-26)38-51-15-44-16-52-38)30-9-35(41-57-21-47-22-58-41)12-36(10-30)42-59-23-48-24-60-42/h13-36H,1-12H2. The van der Waals surface area contributed by atoms with E-state index in [1.807, 2.05) is 0 Å². The second-order valence-electron chi connectivity index (χ2n) is 17.5. The van der Waals surface area contributed by atoms with Crippen molar-refractivity contribution < 1.29 is 0 Å². The van der Waals surface area contributed by atoms with Gasteiger partial charge in [-0.05, 0) is 113 Å². The molecule has 18 nitrogen and oxygen atoms in total. The smallest absolute Gasteiger partial charge is 0.135 e. The van der Waals surface area contributed by atoms with Crippen molar-refractivity contribution in [3.63, 3.8) is 0 Å². The van der Waals surface area contributed by atoms with E-state index in [2.05, 4.69) is 69.8 Å². The Labute approximate surface area is 347 Å². The highest BCUT2D eigenvalue weighted by atomic mass is 15.0. The zero-order valence-electron chi connectivity index (χ0n) is 33.4. The summed E-state index contributed by atoms with van der Waals surface area (Å²) >= 11 is 0. The molecule has 0 amide bonds. The predicted molar refractivity (Wildman–Crippen MR) is 212 cm³/mol. The molecule has 6 aromatic rings. The largest absolute Gasteiger partial charge is 0.225 e. The van der Waals surface area contributed by atoms with Crippen molar-refractivity contribution in [2.24, 2.45) is 35.5 Å². The van der Waals surface area contributed by atoms with Crippen LogP contribution in [0.5, 0.6) is 0 Å². The molecule has 6 aromatic heterocycles. The van der Waals surface area contributed by atoms with Crippen LogP contribution in [0.25, 0.3) is 0 Å². The summed E-state index contributed by atoms with van der Waals surface area (Å²) < 4.78 is 0. The highest BCUT2D eigenvalue weighted by molar-refractivity contribution is 5.12. The van der Waals surface area contributed by atoms with E-state index in [9.17, 15) is 0 Å². The molecule has 60 heavy (non-hydrogen) atoms. The summed E-state index contributed by atoms with van der Waals surface area (Å²) in [6.45, 7) is 0. The van der Waals surface area contributed by atoms with Crippen LogP contribution >= 0.6 is 0 Å². The Bertz CT molecular complexity index is 1980. The summed E-state index contributed by atoms with van der Waals surface area (Å²) in [4.78, 5) is 81.3. The van der Waals surface area contributed by atoms with Gasteiger partial charge in [-0.2, -0.15) is 0 Å². The van der Waals surface area contributed by atoms with Crippen molar-refractivity contribution >= 4 is 0 Å². The molecule has 0 N–H and O–H groups in total. The van der Waals surface area contributed by atoms with Crippen molar-refractivity contribution in [1.29, 1.82) is 0 Å². The van der Waals surface area contributed by atoms with Crippen molar-refractivity contribution in [2.75, 3.05) is 0 Å². The van der Waals surface area contributed by atoms with Gasteiger partial charge in [-0.25, -0.2) is 89.7 Å². The summed E-state index contributed by atoms with van der Waals surface area (Å²) in [6.07, 6.45) is 31.7. The fourth-order valence-corrected chi connectivity index (χ4v) is 11.9. The molecule has 306 valence electrons. The molecular weight excluding hydrogens is 757 g/mol. The van der Waals surface area contributed by atoms with Gasteiger partial charge < -0.3 is 0 Å². The van der Waals surface area contributed by atoms with E-state index in [0.29, 0.717) is 35.5 Å². The Morgan fingerprint density at radius 3 is 0.533 bits per heavy atom. The Balaban J connectivity index is 0.977. The van der Waals surface area contributed by atoms with Crippen LogP contribution in [0.1, 0.15) is 148 Å². The maximum atomic E-state index is 4.78. The molecule has 10 unspecified atom stereocenters. The first-order valence-electron chi connectivity index (χ1n) is 21.4. The van der Waals surface area contributed by atoms with Crippen LogP contribution in [0, 0.1) is 35.5 Å². The minimum atomic E-state index is 0.178. The van der Waals surface area contributed by atoms with Gasteiger partial charge in [0.25, 0.3) is 0 Å². The third kappa shape index (κ3) is 8.54. The van der Waals surface area contributed by atoms with Gasteiger partial charge in [0.1, 0.15) is 111 Å². The van der Waals surface area contributed by atoms with Crippen LogP contribution in [0.3, 0.4) is 0 Å². The van der Waals surface area contributed by atoms with Gasteiger partial charge in [0.05, 0.1) is 0 Å². The molecule has 0 spiro atoms. The average Bonchev–Trinajstić information content (AvgIpc) is 3.35. The topological polar surface area (TPSA) is 232 Å². The van der Waals surface area contributed by atoms with E-state index in [1.165, 1.54) is 0 Å². The van der Waals surface area contributed by atoms with Crippen molar-refractivity contribution in [3.05, 3.63) is 111 Å². The average molecular weight is 805 g/mol. The quantitative estimate of drug-likeness (QED) is 0.182. The van der Waals surface area contributed by atoms with Gasteiger partial charge in [-0.3, -0.25) is 0 Å². The Morgan fingerprint density at radius 1 is 0.200 bits per heavy atom. The van der Waals surface area contributed by atoms with Gasteiger partial charge in [-0.1, -0.05) is 0 Å². The minimum Gasteiger partial charge on any atom is -0.225 e. The maximum Gasteiger partial charge on any atom is 0.135 e. The first-order valence-corrected chi connectivity index (χ1v) is 21.4. The van der Waals surface area contributed by atoms with Crippen molar-refractivity contribution in [2.45, 2.75) is 113 Å². The molecule has 10 rings (SSSR count). The SMILES string of the molecule is c1ncnc(C2CC(c3ncncn3)CC(C3CC(c4ncncn4)CC(C4CC(c5ncncn5)CC(C5CC(c6ncncn6)CC(c6ncncn6)C5)C4)C3)C2)n1. The Hall–Kier alpha value is -5.94. The van der Waals surface area contributed by atoms with E-state index >= 15 is 0 Å². The van der Waals surface area contributed by atoms with Crippen molar-refractivity contribution in [1.82, 2.24) is 89.7 Å². The van der Waals surface area contributed by atoms with Crippen LogP contribution in [0.2, 0.25) is 0 Å². The Morgan fingerprint density at radius 2 is 0.350 bits per heavy atom. The lowest BCUT2D eigenvalue weighted by Crippen LogP contribution is -2.39. The molecule has 0 radical (unpaired) electrons. The number of rotatable bonds is 9. The molecule has 18 heteroatoms. The molecule has 0 aromatic carbocycles. The lowest BCUT2D eigenvalue weighted by molar-refractivity contribution is 0.0500. The van der Waals surface area contributed by atoms with E-state index in [4.69, 9.17) is 19.9 Å². The molecule has 0 aliphatic heterocycles. The van der Waals surface area contributed by atoms with Crippen LogP contribution in [0.4, 0.5) is 0 Å². The van der Waals surface area contributed by atoms with Gasteiger partial charge in [-0.15, -0.1) is 0 Å². The maximum absolute atomic E-state index is 4.78. The molecule has 4 aliphatic carbocycles. The first-order chi connectivity index (χ1) is 29.7. The van der Waals surface area contributed by atoms with Gasteiger partial charge >= 0.3 is 0 Å². The monoisotopic (exact) mass is 804 g/mol. The van der Waals surface area contributed by atoms with Crippen LogP contribution in [0.15, 0.2) is 75.9 Å². The van der Waals surface area contributed by atoms with E-state index in [0.717, 1.165) is 112 Å². The molecule has 10 atom stereocenters. The zero-order valence-corrected chi connectivity index (χ0v) is 33.4. The molecule has 4 aliphatic rings. The lowest BCUT2D eigenvalue weighted by Gasteiger charge is -2.48. The second kappa shape index (κ2) is 17.7. The van der Waals surface area contributed by atoms with Crippen LogP contribution < -0.4 is 0 Å². The number of aromatic nitrogens is 18. The van der Waals surface area contributed by atoms with Crippen molar-refractivity contribution in [3.8, 4) is 0 Å². The molecule has 0 bridgehead atoms. The molecule has 6 heterocycles. The zero-order chi connectivity index (χ0) is 40.1.